The van der Waals surface area contributed by atoms with Crippen LogP contribution < -0.4 is 5.32 Å². The maximum Gasteiger partial charge on any atom is 0.226 e. The lowest BCUT2D eigenvalue weighted by molar-refractivity contribution is -0.129. The van der Waals surface area contributed by atoms with Crippen molar-refractivity contribution in [3.63, 3.8) is 0 Å². The highest BCUT2D eigenvalue weighted by atomic mass is 16.5. The van der Waals surface area contributed by atoms with Gasteiger partial charge in [0.1, 0.15) is 5.69 Å². The van der Waals surface area contributed by atoms with Crippen LogP contribution in [-0.2, 0) is 20.7 Å². The minimum atomic E-state index is -0.0273. The van der Waals surface area contributed by atoms with E-state index in [1.807, 2.05) is 24.3 Å². The summed E-state index contributed by atoms with van der Waals surface area (Å²) in [4.78, 5) is 12.4. The first-order valence-electron chi connectivity index (χ1n) is 8.01. The molecule has 1 amide bonds. The maximum atomic E-state index is 12.4. The highest BCUT2D eigenvalue weighted by molar-refractivity contribution is 5.86. The summed E-state index contributed by atoms with van der Waals surface area (Å²) in [6, 6.07) is 7.72. The summed E-state index contributed by atoms with van der Waals surface area (Å²) >= 11 is 0. The van der Waals surface area contributed by atoms with Crippen LogP contribution >= 0.6 is 0 Å². The van der Waals surface area contributed by atoms with E-state index in [1.54, 1.807) is 7.11 Å². The number of hydrogen-bond acceptors (Lipinski definition) is 5. The molecular formula is C17H20N2O4. The van der Waals surface area contributed by atoms with Crippen LogP contribution in [0.2, 0.25) is 0 Å². The van der Waals surface area contributed by atoms with Gasteiger partial charge in [-0.3, -0.25) is 4.79 Å². The normalized spacial score (nSPS) is 29.3. The minimum Gasteiger partial charge on any atom is -0.384 e. The predicted octanol–water partition coefficient (Wildman–Crippen LogP) is 1.54. The van der Waals surface area contributed by atoms with E-state index in [0.717, 1.165) is 18.4 Å². The Bertz CT molecular complexity index is 713. The zero-order valence-electron chi connectivity index (χ0n) is 13.0. The molecule has 4 rings (SSSR count). The van der Waals surface area contributed by atoms with E-state index in [0.29, 0.717) is 23.8 Å². The Kier molecular flexibility index (Phi) is 3.79. The molecular weight excluding hydrogens is 296 g/mol. The van der Waals surface area contributed by atoms with Gasteiger partial charge in [-0.1, -0.05) is 17.3 Å². The van der Waals surface area contributed by atoms with Crippen molar-refractivity contribution in [2.45, 2.75) is 25.0 Å². The quantitative estimate of drug-likeness (QED) is 0.906. The van der Waals surface area contributed by atoms with Gasteiger partial charge >= 0.3 is 0 Å². The van der Waals surface area contributed by atoms with Crippen LogP contribution in [-0.4, -0.2) is 43.5 Å². The second kappa shape index (κ2) is 5.94. The third-order valence-electron chi connectivity index (χ3n) is 4.99. The van der Waals surface area contributed by atoms with E-state index in [1.165, 1.54) is 0 Å². The summed E-state index contributed by atoms with van der Waals surface area (Å²) in [5, 5.41) is 8.06. The molecule has 0 spiro atoms. The molecule has 122 valence electrons. The summed E-state index contributed by atoms with van der Waals surface area (Å²) in [6.07, 6.45) is 1.46. The van der Waals surface area contributed by atoms with Crippen molar-refractivity contribution in [1.29, 1.82) is 0 Å². The Balaban J connectivity index is 1.43. The van der Waals surface area contributed by atoms with Crippen molar-refractivity contribution in [2.24, 2.45) is 11.8 Å². The average molecular weight is 316 g/mol. The smallest absolute Gasteiger partial charge is 0.226 e. The molecule has 1 aromatic carbocycles. The summed E-state index contributed by atoms with van der Waals surface area (Å²) < 4.78 is 16.3. The summed E-state index contributed by atoms with van der Waals surface area (Å²) in [6.45, 7) is 1.38. The summed E-state index contributed by atoms with van der Waals surface area (Å²) in [5.41, 5.74) is 1.39. The molecule has 1 aliphatic heterocycles. The number of nitrogens with one attached hydrogen (secondary N) is 1. The molecule has 6 nitrogen and oxygen atoms in total. The Hall–Kier alpha value is -1.92. The molecule has 0 radical (unpaired) electrons. The van der Waals surface area contributed by atoms with E-state index in [2.05, 4.69) is 10.5 Å². The topological polar surface area (TPSA) is 73.6 Å². The van der Waals surface area contributed by atoms with Crippen LogP contribution in [0, 0.1) is 11.8 Å². The molecule has 1 saturated heterocycles. The Morgan fingerprint density at radius 2 is 2.30 bits per heavy atom. The molecule has 1 aliphatic carbocycles. The second-order valence-electron chi connectivity index (χ2n) is 6.30. The number of nitrogens with zero attached hydrogens (tertiary/aromatic N) is 1. The number of amides is 1. The highest BCUT2D eigenvalue weighted by Gasteiger charge is 2.54. The molecule has 23 heavy (non-hydrogen) atoms. The lowest BCUT2D eigenvalue weighted by atomic mass is 9.67. The lowest BCUT2D eigenvalue weighted by Gasteiger charge is -2.47. The number of hydrogen-bond donors (Lipinski definition) is 1. The Morgan fingerprint density at radius 3 is 3.17 bits per heavy atom. The monoisotopic (exact) mass is 316 g/mol. The van der Waals surface area contributed by atoms with Crippen LogP contribution in [0.5, 0.6) is 0 Å². The number of benzene rings is 1. The third-order valence-corrected chi connectivity index (χ3v) is 4.99. The van der Waals surface area contributed by atoms with Gasteiger partial charge in [0.25, 0.3) is 0 Å². The molecule has 2 heterocycles. The maximum absolute atomic E-state index is 12.4. The Morgan fingerprint density at radius 1 is 1.43 bits per heavy atom. The average Bonchev–Trinajstić information content (AvgIpc) is 3.16. The molecule has 2 aliphatic rings. The van der Waals surface area contributed by atoms with Crippen molar-refractivity contribution in [3.8, 4) is 0 Å². The minimum absolute atomic E-state index is 0.0273. The van der Waals surface area contributed by atoms with Gasteiger partial charge in [-0.15, -0.1) is 0 Å². The number of methoxy groups -OCH3 is 1. The van der Waals surface area contributed by atoms with E-state index in [9.17, 15) is 4.79 Å². The molecule has 0 unspecified atom stereocenters. The number of fused-ring (bicyclic) bond motifs is 2. The fraction of sp³-hybridized carbons (Fsp3) is 0.529. The number of ether oxygens (including phenoxy) is 2. The molecule has 1 saturated carbocycles. The number of carbonyl (C=O) groups is 1. The van der Waals surface area contributed by atoms with Crippen LogP contribution in [0.25, 0.3) is 11.0 Å². The first-order chi connectivity index (χ1) is 11.3. The van der Waals surface area contributed by atoms with Crippen molar-refractivity contribution >= 4 is 16.9 Å². The van der Waals surface area contributed by atoms with Gasteiger partial charge in [0, 0.05) is 37.0 Å². The molecule has 6 heteroatoms. The fourth-order valence-electron chi connectivity index (χ4n) is 3.89. The number of carbonyl (C=O) groups excluding carboxylic acids is 1. The van der Waals surface area contributed by atoms with E-state index < -0.39 is 0 Å². The standard InChI is InChI=1S/C17H20N2O4/c1-21-9-12-16(11-6-7-22-17(11)12)18-15(20)8-13-10-4-2-3-5-14(10)23-19-13/h2-5,11-12,16-17H,6-9H2,1H3,(H,18,20)/t11-,12+,16-,17-/m0/s1. The van der Waals surface area contributed by atoms with Crippen molar-refractivity contribution in [2.75, 3.05) is 20.3 Å². The predicted molar refractivity (Wildman–Crippen MR) is 82.9 cm³/mol. The first-order valence-corrected chi connectivity index (χ1v) is 8.01. The van der Waals surface area contributed by atoms with Gasteiger partial charge in [-0.25, -0.2) is 0 Å². The van der Waals surface area contributed by atoms with Crippen LogP contribution in [0.4, 0.5) is 0 Å². The number of rotatable bonds is 5. The summed E-state index contributed by atoms with van der Waals surface area (Å²) in [7, 11) is 1.68. The lowest BCUT2D eigenvalue weighted by Crippen LogP contribution is -2.62. The molecule has 0 bridgehead atoms. The summed E-state index contributed by atoms with van der Waals surface area (Å²) in [5.74, 6) is 0.624. The SMILES string of the molecule is COC[C@@H]1[C@@H](NC(=O)Cc2noc3ccccc23)[C@@H]2CCO[C@H]12. The number of para-hydroxylation sites is 1. The van der Waals surface area contributed by atoms with Crippen molar-refractivity contribution < 1.29 is 18.8 Å². The van der Waals surface area contributed by atoms with Gasteiger partial charge < -0.3 is 19.3 Å². The van der Waals surface area contributed by atoms with Gasteiger partial charge in [0.15, 0.2) is 5.58 Å². The second-order valence-corrected chi connectivity index (χ2v) is 6.30. The fourth-order valence-corrected chi connectivity index (χ4v) is 3.89. The van der Waals surface area contributed by atoms with E-state index >= 15 is 0 Å². The van der Waals surface area contributed by atoms with Gasteiger partial charge in [-0.05, 0) is 18.6 Å². The third kappa shape index (κ3) is 2.52. The largest absolute Gasteiger partial charge is 0.384 e. The van der Waals surface area contributed by atoms with Crippen LogP contribution in [0.3, 0.4) is 0 Å². The van der Waals surface area contributed by atoms with Gasteiger partial charge in [0.2, 0.25) is 5.91 Å². The first kappa shape index (κ1) is 14.7. The Labute approximate surface area is 134 Å². The van der Waals surface area contributed by atoms with Crippen molar-refractivity contribution in [1.82, 2.24) is 10.5 Å². The van der Waals surface area contributed by atoms with Crippen molar-refractivity contribution in [3.05, 3.63) is 30.0 Å². The zero-order chi connectivity index (χ0) is 15.8. The van der Waals surface area contributed by atoms with Crippen LogP contribution in [0.1, 0.15) is 12.1 Å². The molecule has 4 atom stereocenters. The number of aromatic nitrogens is 1. The van der Waals surface area contributed by atoms with Gasteiger partial charge in [-0.2, -0.15) is 0 Å². The van der Waals surface area contributed by atoms with Crippen LogP contribution in [0.15, 0.2) is 28.8 Å². The van der Waals surface area contributed by atoms with E-state index in [-0.39, 0.29) is 30.4 Å². The van der Waals surface area contributed by atoms with Gasteiger partial charge in [0.05, 0.1) is 19.1 Å². The highest BCUT2D eigenvalue weighted by Crippen LogP contribution is 2.43. The van der Waals surface area contributed by atoms with E-state index in [4.69, 9.17) is 14.0 Å². The molecule has 2 aromatic rings. The molecule has 1 N–H and O–H groups in total. The molecule has 2 fully saturated rings. The zero-order valence-corrected chi connectivity index (χ0v) is 13.0. The molecule has 1 aromatic heterocycles.